The van der Waals surface area contributed by atoms with Crippen molar-refractivity contribution in [1.29, 1.82) is 0 Å². The van der Waals surface area contributed by atoms with Crippen molar-refractivity contribution in [3.8, 4) is 0 Å². The minimum absolute atomic E-state index is 0.203. The van der Waals surface area contributed by atoms with Crippen LogP contribution in [0.5, 0.6) is 0 Å². The highest BCUT2D eigenvalue weighted by Gasteiger charge is 2.25. The largest absolute Gasteiger partial charge is 0.394 e. The average molecular weight is 204 g/mol. The summed E-state index contributed by atoms with van der Waals surface area (Å²) in [7, 11) is 0. The topological polar surface area (TPSA) is 116 Å². The molecule has 0 radical (unpaired) electrons. The van der Waals surface area contributed by atoms with E-state index in [0.717, 1.165) is 0 Å². The van der Waals surface area contributed by atoms with Crippen LogP contribution in [0.2, 0.25) is 0 Å². The molecule has 0 unspecified atom stereocenters. The van der Waals surface area contributed by atoms with Crippen LogP contribution < -0.4 is 11.1 Å². The van der Waals surface area contributed by atoms with Crippen molar-refractivity contribution in [2.45, 2.75) is 12.5 Å². The minimum atomic E-state index is -1.21. The molecule has 82 valence electrons. The summed E-state index contributed by atoms with van der Waals surface area (Å²) in [6, 6.07) is 0. The quantitative estimate of drug-likeness (QED) is 0.246. The molecule has 6 nitrogen and oxygen atoms in total. The van der Waals surface area contributed by atoms with Crippen molar-refractivity contribution in [1.82, 2.24) is 5.32 Å². The zero-order chi connectivity index (χ0) is 11.2. The van der Waals surface area contributed by atoms with Gasteiger partial charge >= 0.3 is 0 Å². The molecule has 0 atom stereocenters. The molecule has 0 fully saturated rings. The van der Waals surface area contributed by atoms with Crippen molar-refractivity contribution in [2.24, 2.45) is 5.73 Å². The van der Waals surface area contributed by atoms with Crippen LogP contribution in [0.3, 0.4) is 0 Å². The van der Waals surface area contributed by atoms with Gasteiger partial charge in [-0.1, -0.05) is 6.08 Å². The monoisotopic (exact) mass is 204 g/mol. The lowest BCUT2D eigenvalue weighted by Gasteiger charge is -2.27. The molecule has 14 heavy (non-hydrogen) atoms. The Morgan fingerprint density at radius 1 is 1.43 bits per heavy atom. The first kappa shape index (κ1) is 13.1. The van der Waals surface area contributed by atoms with Crippen molar-refractivity contribution in [3.63, 3.8) is 0 Å². The highest BCUT2D eigenvalue weighted by atomic mass is 16.3. The number of hydrogen-bond acceptors (Lipinski definition) is 5. The first-order valence-corrected chi connectivity index (χ1v) is 4.08. The SMILES string of the molecule is C/C(=C\C(CO)(CO)NCO)C(N)=O. The van der Waals surface area contributed by atoms with Crippen LogP contribution in [0.4, 0.5) is 0 Å². The van der Waals surface area contributed by atoms with Gasteiger partial charge in [-0.3, -0.25) is 10.1 Å². The second-order valence-corrected chi connectivity index (χ2v) is 3.00. The number of rotatable bonds is 6. The van der Waals surface area contributed by atoms with Crippen molar-refractivity contribution >= 4 is 5.91 Å². The third kappa shape index (κ3) is 3.43. The molecular formula is C8H16N2O4. The van der Waals surface area contributed by atoms with E-state index in [9.17, 15) is 4.79 Å². The molecule has 0 aliphatic heterocycles. The number of hydrogen-bond donors (Lipinski definition) is 5. The molecule has 0 heterocycles. The summed E-state index contributed by atoms with van der Waals surface area (Å²) in [5.74, 6) is -0.643. The van der Waals surface area contributed by atoms with Crippen LogP contribution in [0.1, 0.15) is 6.92 Å². The molecule has 0 rings (SSSR count). The normalized spacial score (nSPS) is 13.0. The maximum absolute atomic E-state index is 10.7. The molecule has 6 N–H and O–H groups in total. The molecule has 0 saturated heterocycles. The molecule has 0 aromatic rings. The van der Waals surface area contributed by atoms with Crippen LogP contribution in [-0.2, 0) is 4.79 Å². The first-order chi connectivity index (χ1) is 6.51. The fourth-order valence-corrected chi connectivity index (χ4v) is 0.947. The zero-order valence-corrected chi connectivity index (χ0v) is 8.03. The predicted octanol–water partition coefficient (Wildman–Crippen LogP) is -2.32. The molecule has 0 aromatic carbocycles. The molecule has 0 spiro atoms. The number of carbonyl (C=O) groups excluding carboxylic acids is 1. The van der Waals surface area contributed by atoms with E-state index in [0.29, 0.717) is 0 Å². The summed E-state index contributed by atoms with van der Waals surface area (Å²) in [5, 5.41) is 29.1. The Hall–Kier alpha value is -0.950. The standard InChI is InChI=1S/C8H16N2O4/c1-6(7(9)14)2-8(3-11,4-12)10-5-13/h2,10-13H,3-5H2,1H3,(H2,9,14)/b6-2+. The third-order valence-corrected chi connectivity index (χ3v) is 1.88. The highest BCUT2D eigenvalue weighted by molar-refractivity contribution is 5.91. The number of nitrogens with one attached hydrogen (secondary N) is 1. The summed E-state index contributed by atoms with van der Waals surface area (Å²) in [4.78, 5) is 10.7. The summed E-state index contributed by atoms with van der Waals surface area (Å²) >= 11 is 0. The van der Waals surface area contributed by atoms with Gasteiger partial charge in [0.1, 0.15) is 0 Å². The lowest BCUT2D eigenvalue weighted by Crippen LogP contribution is -2.51. The second kappa shape index (κ2) is 5.71. The van der Waals surface area contributed by atoms with Gasteiger partial charge < -0.3 is 21.1 Å². The van der Waals surface area contributed by atoms with E-state index in [1.807, 2.05) is 0 Å². The summed E-state index contributed by atoms with van der Waals surface area (Å²) in [6.45, 7) is 0.133. The van der Waals surface area contributed by atoms with E-state index in [2.05, 4.69) is 5.32 Å². The summed E-state index contributed by atoms with van der Waals surface area (Å²) < 4.78 is 0. The van der Waals surface area contributed by atoms with Gasteiger partial charge in [0, 0.05) is 5.57 Å². The van der Waals surface area contributed by atoms with Crippen LogP contribution in [0, 0.1) is 0 Å². The minimum Gasteiger partial charge on any atom is -0.394 e. The molecule has 0 saturated carbocycles. The summed E-state index contributed by atoms with van der Waals surface area (Å²) in [5.41, 5.74) is 3.98. The molecule has 0 aliphatic rings. The van der Waals surface area contributed by atoms with E-state index in [4.69, 9.17) is 21.1 Å². The maximum Gasteiger partial charge on any atom is 0.244 e. The Kier molecular flexibility index (Phi) is 5.32. The number of amides is 1. The number of carbonyl (C=O) groups is 1. The Bertz CT molecular complexity index is 223. The lowest BCUT2D eigenvalue weighted by molar-refractivity contribution is -0.114. The highest BCUT2D eigenvalue weighted by Crippen LogP contribution is 2.08. The van der Waals surface area contributed by atoms with E-state index < -0.39 is 31.4 Å². The number of aliphatic hydroxyl groups excluding tert-OH is 3. The van der Waals surface area contributed by atoms with E-state index in [1.165, 1.54) is 13.0 Å². The molecule has 0 bridgehead atoms. The maximum atomic E-state index is 10.7. The molecule has 6 heteroatoms. The van der Waals surface area contributed by atoms with Crippen LogP contribution in [0.25, 0.3) is 0 Å². The zero-order valence-electron chi connectivity index (χ0n) is 8.03. The van der Waals surface area contributed by atoms with Crippen molar-refractivity contribution < 1.29 is 20.1 Å². The van der Waals surface area contributed by atoms with Gasteiger partial charge in [-0.05, 0) is 6.92 Å². The van der Waals surface area contributed by atoms with Crippen molar-refractivity contribution in [2.75, 3.05) is 19.9 Å². The Morgan fingerprint density at radius 3 is 2.21 bits per heavy atom. The predicted molar refractivity (Wildman–Crippen MR) is 50.1 cm³/mol. The van der Waals surface area contributed by atoms with Gasteiger partial charge in [0.05, 0.1) is 25.5 Å². The fraction of sp³-hybridized carbons (Fsp3) is 0.625. The first-order valence-electron chi connectivity index (χ1n) is 4.08. The van der Waals surface area contributed by atoms with Gasteiger partial charge in [-0.2, -0.15) is 0 Å². The Morgan fingerprint density at radius 2 is 1.93 bits per heavy atom. The molecule has 1 amide bonds. The third-order valence-electron chi connectivity index (χ3n) is 1.88. The molecular weight excluding hydrogens is 188 g/mol. The average Bonchev–Trinajstić information content (AvgIpc) is 2.16. The fourth-order valence-electron chi connectivity index (χ4n) is 0.947. The van der Waals surface area contributed by atoms with Gasteiger partial charge in [0.25, 0.3) is 0 Å². The molecule has 0 aliphatic carbocycles. The molecule has 0 aromatic heterocycles. The summed E-state index contributed by atoms with van der Waals surface area (Å²) in [6.07, 6.45) is 1.30. The Labute approximate surface area is 82.0 Å². The lowest BCUT2D eigenvalue weighted by atomic mass is 9.98. The van der Waals surface area contributed by atoms with Crippen molar-refractivity contribution in [3.05, 3.63) is 11.6 Å². The van der Waals surface area contributed by atoms with Crippen LogP contribution >= 0.6 is 0 Å². The van der Waals surface area contributed by atoms with Crippen LogP contribution in [-0.4, -0.2) is 46.7 Å². The smallest absolute Gasteiger partial charge is 0.244 e. The van der Waals surface area contributed by atoms with Gasteiger partial charge in [0.2, 0.25) is 5.91 Å². The van der Waals surface area contributed by atoms with Crippen LogP contribution in [0.15, 0.2) is 11.6 Å². The van der Waals surface area contributed by atoms with Gasteiger partial charge in [-0.25, -0.2) is 0 Å². The van der Waals surface area contributed by atoms with E-state index in [-0.39, 0.29) is 5.57 Å². The second-order valence-electron chi connectivity index (χ2n) is 3.00. The number of primary amides is 1. The van der Waals surface area contributed by atoms with E-state index in [1.54, 1.807) is 0 Å². The van der Waals surface area contributed by atoms with Gasteiger partial charge in [-0.15, -0.1) is 0 Å². The number of aliphatic hydroxyl groups is 3. The number of nitrogens with two attached hydrogens (primary N) is 1. The van der Waals surface area contributed by atoms with E-state index >= 15 is 0 Å². The van der Waals surface area contributed by atoms with Gasteiger partial charge in [0.15, 0.2) is 0 Å². The Balaban J connectivity index is 4.81.